The molecule has 2 aliphatic carbocycles. The minimum absolute atomic E-state index is 0.117. The van der Waals surface area contributed by atoms with Gasteiger partial charge in [-0.3, -0.25) is 14.9 Å². The molecule has 8 heteroatoms. The van der Waals surface area contributed by atoms with Gasteiger partial charge in [-0.1, -0.05) is 0 Å². The summed E-state index contributed by atoms with van der Waals surface area (Å²) in [6.07, 6.45) is 3.95. The second-order valence-electron chi connectivity index (χ2n) is 6.49. The van der Waals surface area contributed by atoms with Gasteiger partial charge in [0.05, 0.1) is 0 Å². The fraction of sp³-hybridized carbons (Fsp3) is 0.714. The van der Waals surface area contributed by atoms with Crippen molar-refractivity contribution in [3.63, 3.8) is 0 Å². The maximum atomic E-state index is 12.2. The van der Waals surface area contributed by atoms with Crippen LogP contribution in [0, 0.1) is 11.8 Å². The van der Waals surface area contributed by atoms with Crippen LogP contribution < -0.4 is 5.32 Å². The number of carbonyl (C=O) groups excluding carboxylic acids is 2. The van der Waals surface area contributed by atoms with Crippen molar-refractivity contribution < 1.29 is 14.7 Å². The number of anilines is 1. The van der Waals surface area contributed by atoms with Crippen LogP contribution in [0.4, 0.5) is 5.13 Å². The Morgan fingerprint density at radius 1 is 1.36 bits per heavy atom. The number of hydrogen-bond acceptors (Lipinski definition) is 6. The van der Waals surface area contributed by atoms with Crippen molar-refractivity contribution in [2.24, 2.45) is 11.8 Å². The molecule has 1 saturated heterocycles. The fourth-order valence-electron chi connectivity index (χ4n) is 3.50. The Labute approximate surface area is 131 Å². The van der Waals surface area contributed by atoms with Gasteiger partial charge in [-0.05, 0) is 37.5 Å². The second kappa shape index (κ2) is 5.27. The average Bonchev–Trinajstić information content (AvgIpc) is 3.17. The SMILES string of the molecule is O=C(Nc1nc(C2CC2)ns1)C(=O)N1C[C@@H]2C[C@@H](CO)C[C@@H]21. The smallest absolute Gasteiger partial charge is 0.315 e. The highest BCUT2D eigenvalue weighted by Gasteiger charge is 2.49. The third kappa shape index (κ3) is 2.40. The van der Waals surface area contributed by atoms with Gasteiger partial charge in [0.2, 0.25) is 5.13 Å². The molecular formula is C14H18N4O3S. The minimum Gasteiger partial charge on any atom is -0.396 e. The predicted octanol–water partition coefficient (Wildman–Crippen LogP) is 0.583. The van der Waals surface area contributed by atoms with E-state index in [1.807, 2.05) is 0 Å². The van der Waals surface area contributed by atoms with Gasteiger partial charge in [0, 0.05) is 36.6 Å². The third-order valence-electron chi connectivity index (χ3n) is 4.90. The van der Waals surface area contributed by atoms with Gasteiger partial charge in [-0.25, -0.2) is 4.98 Å². The average molecular weight is 322 g/mol. The zero-order valence-corrected chi connectivity index (χ0v) is 12.9. The van der Waals surface area contributed by atoms with E-state index in [0.29, 0.717) is 23.5 Å². The number of amides is 2. The van der Waals surface area contributed by atoms with Crippen LogP contribution in [0.5, 0.6) is 0 Å². The molecule has 3 fully saturated rings. The Bertz CT molecular complexity index is 615. The van der Waals surface area contributed by atoms with Crippen LogP contribution in [0.1, 0.15) is 37.4 Å². The van der Waals surface area contributed by atoms with E-state index >= 15 is 0 Å². The highest BCUT2D eigenvalue weighted by atomic mass is 32.1. The van der Waals surface area contributed by atoms with E-state index in [0.717, 1.165) is 43.0 Å². The number of likely N-dealkylation sites (tertiary alicyclic amines) is 1. The molecule has 0 unspecified atom stereocenters. The molecule has 7 nitrogen and oxygen atoms in total. The first-order valence-electron chi connectivity index (χ1n) is 7.72. The van der Waals surface area contributed by atoms with Crippen molar-refractivity contribution in [2.45, 2.75) is 37.6 Å². The number of carbonyl (C=O) groups is 2. The monoisotopic (exact) mass is 322 g/mol. The molecule has 3 atom stereocenters. The fourth-order valence-corrected chi connectivity index (χ4v) is 4.14. The van der Waals surface area contributed by atoms with Crippen molar-refractivity contribution in [1.82, 2.24) is 14.3 Å². The number of aliphatic hydroxyl groups excluding tert-OH is 1. The first-order chi connectivity index (χ1) is 10.7. The Balaban J connectivity index is 1.35. The second-order valence-corrected chi connectivity index (χ2v) is 7.24. The van der Waals surface area contributed by atoms with Gasteiger partial charge >= 0.3 is 11.8 Å². The molecule has 0 bridgehead atoms. The maximum absolute atomic E-state index is 12.2. The van der Waals surface area contributed by atoms with Gasteiger partial charge < -0.3 is 10.0 Å². The lowest BCUT2D eigenvalue weighted by atomic mass is 9.92. The quantitative estimate of drug-likeness (QED) is 0.794. The summed E-state index contributed by atoms with van der Waals surface area (Å²) >= 11 is 1.13. The van der Waals surface area contributed by atoms with Crippen LogP contribution in [0.25, 0.3) is 0 Å². The summed E-state index contributed by atoms with van der Waals surface area (Å²) in [5.74, 6) is 0.783. The highest BCUT2D eigenvalue weighted by Crippen LogP contribution is 2.42. The number of fused-ring (bicyclic) bond motifs is 1. The number of rotatable bonds is 3. The van der Waals surface area contributed by atoms with E-state index in [2.05, 4.69) is 14.7 Å². The molecule has 2 N–H and O–H groups in total. The van der Waals surface area contributed by atoms with Crippen LogP contribution in [-0.2, 0) is 9.59 Å². The summed E-state index contributed by atoms with van der Waals surface area (Å²) in [7, 11) is 0. The first kappa shape index (κ1) is 14.1. The number of hydrogen-bond donors (Lipinski definition) is 2. The maximum Gasteiger partial charge on any atom is 0.315 e. The van der Waals surface area contributed by atoms with E-state index in [9.17, 15) is 14.7 Å². The molecule has 1 aromatic heterocycles. The molecule has 3 aliphatic rings. The van der Waals surface area contributed by atoms with Gasteiger partial charge in [0.1, 0.15) is 5.82 Å². The first-order valence-corrected chi connectivity index (χ1v) is 8.49. The summed E-state index contributed by atoms with van der Waals surface area (Å²) in [5, 5.41) is 12.2. The molecule has 4 rings (SSSR count). The summed E-state index contributed by atoms with van der Waals surface area (Å²) in [6.45, 7) is 0.785. The Morgan fingerprint density at radius 3 is 2.91 bits per heavy atom. The van der Waals surface area contributed by atoms with Gasteiger partial charge in [-0.2, -0.15) is 4.37 Å². The molecule has 2 amide bonds. The van der Waals surface area contributed by atoms with Crippen molar-refractivity contribution in [3.05, 3.63) is 5.82 Å². The van der Waals surface area contributed by atoms with E-state index in [4.69, 9.17) is 0 Å². The zero-order valence-electron chi connectivity index (χ0n) is 12.1. The van der Waals surface area contributed by atoms with Crippen molar-refractivity contribution in [3.8, 4) is 0 Å². The molecule has 2 heterocycles. The lowest BCUT2D eigenvalue weighted by molar-refractivity contribution is -0.151. The Hall–Kier alpha value is -1.54. The number of nitrogens with zero attached hydrogens (tertiary/aromatic N) is 3. The largest absolute Gasteiger partial charge is 0.396 e. The van der Waals surface area contributed by atoms with Crippen LogP contribution in [-0.4, -0.2) is 50.4 Å². The number of aliphatic hydroxyl groups is 1. The van der Waals surface area contributed by atoms with Crippen molar-refractivity contribution in [1.29, 1.82) is 0 Å². The molecule has 0 aromatic carbocycles. The lowest BCUT2D eigenvalue weighted by Gasteiger charge is -2.43. The molecule has 1 aliphatic heterocycles. The van der Waals surface area contributed by atoms with E-state index in [1.165, 1.54) is 0 Å². The van der Waals surface area contributed by atoms with Crippen LogP contribution in [0.15, 0.2) is 0 Å². The summed E-state index contributed by atoms with van der Waals surface area (Å²) in [6, 6.07) is 0.117. The molecule has 2 saturated carbocycles. The lowest BCUT2D eigenvalue weighted by Crippen LogP contribution is -2.58. The van der Waals surface area contributed by atoms with Gasteiger partial charge in [0.15, 0.2) is 0 Å². The number of nitrogens with one attached hydrogen (secondary N) is 1. The number of aromatic nitrogens is 2. The van der Waals surface area contributed by atoms with E-state index in [1.54, 1.807) is 4.90 Å². The predicted molar refractivity (Wildman–Crippen MR) is 79.3 cm³/mol. The summed E-state index contributed by atoms with van der Waals surface area (Å²) in [4.78, 5) is 30.2. The molecule has 1 aromatic rings. The van der Waals surface area contributed by atoms with Crippen molar-refractivity contribution >= 4 is 28.5 Å². The van der Waals surface area contributed by atoms with Crippen LogP contribution >= 0.6 is 11.5 Å². The molecule has 22 heavy (non-hydrogen) atoms. The topological polar surface area (TPSA) is 95.4 Å². The highest BCUT2D eigenvalue weighted by molar-refractivity contribution is 7.10. The van der Waals surface area contributed by atoms with Gasteiger partial charge in [-0.15, -0.1) is 0 Å². The third-order valence-corrected chi connectivity index (χ3v) is 5.55. The summed E-state index contributed by atoms with van der Waals surface area (Å²) < 4.78 is 4.21. The molecule has 0 spiro atoms. The Morgan fingerprint density at radius 2 is 2.18 bits per heavy atom. The zero-order chi connectivity index (χ0) is 15.3. The molecule has 118 valence electrons. The van der Waals surface area contributed by atoms with Crippen LogP contribution in [0.2, 0.25) is 0 Å². The normalized spacial score (nSPS) is 29.9. The van der Waals surface area contributed by atoms with Crippen molar-refractivity contribution in [2.75, 3.05) is 18.5 Å². The minimum atomic E-state index is -0.635. The van der Waals surface area contributed by atoms with E-state index in [-0.39, 0.29) is 18.6 Å². The molecule has 0 radical (unpaired) electrons. The van der Waals surface area contributed by atoms with Gasteiger partial charge in [0.25, 0.3) is 0 Å². The Kier molecular flexibility index (Phi) is 3.37. The standard InChI is InChI=1S/C14H18N4O3S/c19-6-7-3-9-5-18(10(9)4-7)13(21)12(20)16-14-15-11(17-22-14)8-1-2-8/h7-10,19H,1-6H2,(H,15,16,17,20)/t7-,9+,10+/m1/s1. The van der Waals surface area contributed by atoms with Crippen LogP contribution in [0.3, 0.4) is 0 Å². The van der Waals surface area contributed by atoms with E-state index < -0.39 is 11.8 Å². The molecular weight excluding hydrogens is 304 g/mol. The summed E-state index contributed by atoms with van der Waals surface area (Å²) in [5.41, 5.74) is 0.